The molecule has 1 aromatic heterocycles. The number of furan rings is 1. The highest BCUT2D eigenvalue weighted by molar-refractivity contribution is 7.89. The largest absolute Gasteiger partial charge is 0.464 e. The van der Waals surface area contributed by atoms with Crippen LogP contribution in [-0.2, 0) is 16.6 Å². The van der Waals surface area contributed by atoms with E-state index < -0.39 is 10.0 Å². The first-order valence-electron chi connectivity index (χ1n) is 7.47. The number of sulfonamides is 1. The molecule has 120 valence electrons. The van der Waals surface area contributed by atoms with Gasteiger partial charge in [0, 0.05) is 13.0 Å². The molecule has 5 nitrogen and oxygen atoms in total. The standard InChI is InChI=1S/C17H18N2O3S/c1-12-9-16(12)17-8-5-14(22-17)11-19(2)23(20,21)15-6-3-13(10-18)4-7-15/h3-8,12,16H,9,11H2,1-2H3/t12-,16-/m1/s1. The van der Waals surface area contributed by atoms with Crippen molar-refractivity contribution < 1.29 is 12.8 Å². The molecular weight excluding hydrogens is 312 g/mol. The van der Waals surface area contributed by atoms with Crippen molar-refractivity contribution in [2.24, 2.45) is 5.92 Å². The average molecular weight is 330 g/mol. The van der Waals surface area contributed by atoms with Crippen LogP contribution in [0.4, 0.5) is 0 Å². The molecular formula is C17H18N2O3S. The molecule has 1 aliphatic carbocycles. The van der Waals surface area contributed by atoms with Gasteiger partial charge in [-0.25, -0.2) is 8.42 Å². The second-order valence-corrected chi connectivity index (χ2v) is 8.07. The lowest BCUT2D eigenvalue weighted by molar-refractivity contribution is 0.390. The number of nitriles is 1. The quantitative estimate of drug-likeness (QED) is 0.844. The summed E-state index contributed by atoms with van der Waals surface area (Å²) < 4.78 is 32.1. The van der Waals surface area contributed by atoms with Gasteiger partial charge in [-0.05, 0) is 48.7 Å². The summed E-state index contributed by atoms with van der Waals surface area (Å²) in [5.74, 6) is 2.70. The van der Waals surface area contributed by atoms with Crippen molar-refractivity contribution in [2.45, 2.75) is 30.7 Å². The highest BCUT2D eigenvalue weighted by atomic mass is 32.2. The van der Waals surface area contributed by atoms with Crippen molar-refractivity contribution in [3.05, 3.63) is 53.5 Å². The molecule has 0 saturated heterocycles. The Kier molecular flexibility index (Phi) is 4.00. The zero-order chi connectivity index (χ0) is 16.6. The molecule has 2 aromatic rings. The van der Waals surface area contributed by atoms with Crippen LogP contribution in [0.3, 0.4) is 0 Å². The molecule has 1 heterocycles. The van der Waals surface area contributed by atoms with Crippen LogP contribution in [0, 0.1) is 17.2 Å². The van der Waals surface area contributed by atoms with Crippen molar-refractivity contribution in [1.82, 2.24) is 4.31 Å². The Labute approximate surface area is 136 Å². The predicted octanol–water partition coefficient (Wildman–Crippen LogP) is 3.10. The van der Waals surface area contributed by atoms with E-state index in [1.165, 1.54) is 35.6 Å². The topological polar surface area (TPSA) is 74.3 Å². The van der Waals surface area contributed by atoms with Crippen LogP contribution >= 0.6 is 0 Å². The third-order valence-electron chi connectivity index (χ3n) is 4.23. The Morgan fingerprint density at radius 3 is 2.48 bits per heavy atom. The fourth-order valence-electron chi connectivity index (χ4n) is 2.58. The summed E-state index contributed by atoms with van der Waals surface area (Å²) in [4.78, 5) is 0.168. The number of benzene rings is 1. The van der Waals surface area contributed by atoms with Crippen LogP contribution in [0.15, 0.2) is 45.7 Å². The number of hydrogen-bond donors (Lipinski definition) is 0. The lowest BCUT2D eigenvalue weighted by atomic mass is 10.2. The summed E-state index contributed by atoms with van der Waals surface area (Å²) in [7, 11) is -2.08. The monoisotopic (exact) mass is 330 g/mol. The molecule has 2 atom stereocenters. The van der Waals surface area contributed by atoms with Crippen molar-refractivity contribution in [3.8, 4) is 6.07 Å². The molecule has 3 rings (SSSR count). The lowest BCUT2D eigenvalue weighted by Crippen LogP contribution is -2.26. The lowest BCUT2D eigenvalue weighted by Gasteiger charge is -2.16. The van der Waals surface area contributed by atoms with Crippen molar-refractivity contribution in [3.63, 3.8) is 0 Å². The van der Waals surface area contributed by atoms with Gasteiger partial charge in [-0.15, -0.1) is 0 Å². The Morgan fingerprint density at radius 2 is 1.91 bits per heavy atom. The van der Waals surface area contributed by atoms with E-state index in [0.29, 0.717) is 23.2 Å². The minimum absolute atomic E-state index is 0.168. The maximum atomic E-state index is 12.5. The van der Waals surface area contributed by atoms with Gasteiger partial charge in [0.25, 0.3) is 0 Å². The maximum Gasteiger partial charge on any atom is 0.243 e. The second-order valence-electron chi connectivity index (χ2n) is 6.02. The van der Waals surface area contributed by atoms with Gasteiger partial charge >= 0.3 is 0 Å². The van der Waals surface area contributed by atoms with Gasteiger partial charge in [0.15, 0.2) is 0 Å². The molecule has 1 fully saturated rings. The Morgan fingerprint density at radius 1 is 1.26 bits per heavy atom. The van der Waals surface area contributed by atoms with E-state index in [0.717, 1.165) is 12.2 Å². The number of rotatable bonds is 5. The van der Waals surface area contributed by atoms with Crippen LogP contribution < -0.4 is 0 Å². The van der Waals surface area contributed by atoms with E-state index in [4.69, 9.17) is 9.68 Å². The fourth-order valence-corrected chi connectivity index (χ4v) is 3.72. The van der Waals surface area contributed by atoms with Crippen LogP contribution in [0.1, 0.15) is 36.3 Å². The van der Waals surface area contributed by atoms with Crippen LogP contribution in [0.5, 0.6) is 0 Å². The van der Waals surface area contributed by atoms with Gasteiger partial charge < -0.3 is 4.42 Å². The molecule has 0 aliphatic heterocycles. The first-order chi connectivity index (χ1) is 10.9. The summed E-state index contributed by atoms with van der Waals surface area (Å²) >= 11 is 0. The summed E-state index contributed by atoms with van der Waals surface area (Å²) in [6.07, 6.45) is 1.13. The first kappa shape index (κ1) is 15.8. The molecule has 23 heavy (non-hydrogen) atoms. The molecule has 0 N–H and O–H groups in total. The van der Waals surface area contributed by atoms with E-state index in [-0.39, 0.29) is 11.4 Å². The Balaban J connectivity index is 1.74. The van der Waals surface area contributed by atoms with Gasteiger partial charge in [0.2, 0.25) is 10.0 Å². The van der Waals surface area contributed by atoms with E-state index in [1.807, 2.05) is 18.2 Å². The highest BCUT2D eigenvalue weighted by Gasteiger charge is 2.36. The molecule has 0 spiro atoms. The van der Waals surface area contributed by atoms with Gasteiger partial charge in [0.05, 0.1) is 23.1 Å². The zero-order valence-electron chi connectivity index (χ0n) is 13.1. The highest BCUT2D eigenvalue weighted by Crippen LogP contribution is 2.47. The van der Waals surface area contributed by atoms with E-state index in [2.05, 4.69) is 6.92 Å². The average Bonchev–Trinajstić information content (AvgIpc) is 3.09. The van der Waals surface area contributed by atoms with Crippen LogP contribution in [0.2, 0.25) is 0 Å². The SMILES string of the molecule is C[C@@H]1C[C@H]1c1ccc(CN(C)S(=O)(=O)c2ccc(C#N)cc2)o1. The summed E-state index contributed by atoms with van der Waals surface area (Å²) in [6, 6.07) is 11.6. The molecule has 0 unspecified atom stereocenters. The van der Waals surface area contributed by atoms with E-state index in [9.17, 15) is 8.42 Å². The summed E-state index contributed by atoms with van der Waals surface area (Å²) in [5, 5.41) is 8.78. The molecule has 0 bridgehead atoms. The van der Waals surface area contributed by atoms with Gasteiger partial charge in [-0.1, -0.05) is 6.92 Å². The van der Waals surface area contributed by atoms with E-state index >= 15 is 0 Å². The summed E-state index contributed by atoms with van der Waals surface area (Å²) in [5.41, 5.74) is 0.431. The van der Waals surface area contributed by atoms with Gasteiger partial charge in [-0.3, -0.25) is 0 Å². The normalized spacial score (nSPS) is 20.4. The predicted molar refractivity (Wildman–Crippen MR) is 85.0 cm³/mol. The minimum atomic E-state index is -3.60. The Hall–Kier alpha value is -2.10. The van der Waals surface area contributed by atoms with Gasteiger partial charge in [0.1, 0.15) is 11.5 Å². The third kappa shape index (κ3) is 3.16. The summed E-state index contributed by atoms with van der Waals surface area (Å²) in [6.45, 7) is 2.36. The van der Waals surface area contributed by atoms with E-state index in [1.54, 1.807) is 0 Å². The smallest absolute Gasteiger partial charge is 0.243 e. The maximum absolute atomic E-state index is 12.5. The number of hydrogen-bond acceptors (Lipinski definition) is 4. The number of nitrogens with zero attached hydrogens (tertiary/aromatic N) is 2. The molecule has 0 amide bonds. The zero-order valence-corrected chi connectivity index (χ0v) is 13.9. The fraction of sp³-hybridized carbons (Fsp3) is 0.353. The molecule has 1 aliphatic rings. The molecule has 1 aromatic carbocycles. The molecule has 0 radical (unpaired) electrons. The molecule has 1 saturated carbocycles. The van der Waals surface area contributed by atoms with Crippen molar-refractivity contribution >= 4 is 10.0 Å². The first-order valence-corrected chi connectivity index (χ1v) is 8.91. The minimum Gasteiger partial charge on any atom is -0.464 e. The van der Waals surface area contributed by atoms with Crippen LogP contribution in [-0.4, -0.2) is 19.8 Å². The van der Waals surface area contributed by atoms with Crippen molar-refractivity contribution in [2.75, 3.05) is 7.05 Å². The third-order valence-corrected chi connectivity index (χ3v) is 6.05. The van der Waals surface area contributed by atoms with Crippen LogP contribution in [0.25, 0.3) is 0 Å². The second kappa shape index (κ2) is 5.84. The van der Waals surface area contributed by atoms with Crippen molar-refractivity contribution in [1.29, 1.82) is 5.26 Å². The molecule has 6 heteroatoms. The van der Waals surface area contributed by atoms with Gasteiger partial charge in [-0.2, -0.15) is 9.57 Å². The Bertz CT molecular complexity index is 847.